The highest BCUT2D eigenvalue weighted by atomic mass is 127. The largest absolute Gasteiger partial charge is 0.494 e. The van der Waals surface area contributed by atoms with E-state index in [4.69, 9.17) is 4.74 Å². The van der Waals surface area contributed by atoms with E-state index in [9.17, 15) is 0 Å². The fraction of sp³-hybridized carbons (Fsp3) is 0.421. The SMILES string of the molecule is CCNC(=NCCc1cccc(OCC)c1)NCCn1cccc1.I. The number of benzene rings is 1. The van der Waals surface area contributed by atoms with Crippen molar-refractivity contribution in [2.45, 2.75) is 26.8 Å². The van der Waals surface area contributed by atoms with Gasteiger partial charge in [-0.15, -0.1) is 24.0 Å². The molecular weight excluding hydrogens is 427 g/mol. The molecule has 5 nitrogen and oxygen atoms in total. The Morgan fingerprint density at radius 1 is 1.12 bits per heavy atom. The van der Waals surface area contributed by atoms with Gasteiger partial charge >= 0.3 is 0 Å². The summed E-state index contributed by atoms with van der Waals surface area (Å²) >= 11 is 0. The zero-order valence-electron chi connectivity index (χ0n) is 15.1. The molecule has 0 aliphatic carbocycles. The van der Waals surface area contributed by atoms with Gasteiger partial charge in [-0.1, -0.05) is 12.1 Å². The number of nitrogens with one attached hydrogen (secondary N) is 2. The van der Waals surface area contributed by atoms with E-state index in [1.807, 2.05) is 31.2 Å². The van der Waals surface area contributed by atoms with Crippen LogP contribution in [-0.2, 0) is 13.0 Å². The van der Waals surface area contributed by atoms with Crippen molar-refractivity contribution in [3.05, 3.63) is 54.4 Å². The average Bonchev–Trinajstić information content (AvgIpc) is 3.09. The van der Waals surface area contributed by atoms with E-state index in [1.54, 1.807) is 0 Å². The third-order valence-electron chi connectivity index (χ3n) is 3.55. The Balaban J connectivity index is 0.00000312. The van der Waals surface area contributed by atoms with Crippen molar-refractivity contribution in [2.24, 2.45) is 4.99 Å². The quantitative estimate of drug-likeness (QED) is 0.346. The molecule has 0 saturated carbocycles. The molecule has 138 valence electrons. The summed E-state index contributed by atoms with van der Waals surface area (Å²) in [5.41, 5.74) is 1.24. The van der Waals surface area contributed by atoms with E-state index in [-0.39, 0.29) is 24.0 Å². The first-order valence-corrected chi connectivity index (χ1v) is 8.66. The highest BCUT2D eigenvalue weighted by molar-refractivity contribution is 14.0. The summed E-state index contributed by atoms with van der Waals surface area (Å²) in [5.74, 6) is 1.79. The molecule has 1 heterocycles. The molecule has 2 N–H and O–H groups in total. The lowest BCUT2D eigenvalue weighted by Gasteiger charge is -2.12. The predicted molar refractivity (Wildman–Crippen MR) is 115 cm³/mol. The zero-order chi connectivity index (χ0) is 17.0. The molecule has 0 radical (unpaired) electrons. The Labute approximate surface area is 167 Å². The summed E-state index contributed by atoms with van der Waals surface area (Å²) in [7, 11) is 0. The van der Waals surface area contributed by atoms with Crippen molar-refractivity contribution in [3.63, 3.8) is 0 Å². The molecule has 2 aromatic rings. The van der Waals surface area contributed by atoms with Gasteiger partial charge in [-0.2, -0.15) is 0 Å². The van der Waals surface area contributed by atoms with Gasteiger partial charge < -0.3 is 19.9 Å². The number of aliphatic imine (C=N–C) groups is 1. The Bertz CT molecular complexity index is 614. The van der Waals surface area contributed by atoms with E-state index in [0.717, 1.165) is 44.3 Å². The number of guanidine groups is 1. The lowest BCUT2D eigenvalue weighted by atomic mass is 10.1. The van der Waals surface area contributed by atoms with Crippen LogP contribution >= 0.6 is 24.0 Å². The Hall–Kier alpha value is -1.70. The maximum absolute atomic E-state index is 5.54. The van der Waals surface area contributed by atoms with Gasteiger partial charge in [-0.25, -0.2) is 0 Å². The molecule has 0 spiro atoms. The fourth-order valence-corrected chi connectivity index (χ4v) is 2.42. The first-order valence-electron chi connectivity index (χ1n) is 8.66. The normalized spacial score (nSPS) is 10.9. The molecule has 6 heteroatoms. The zero-order valence-corrected chi connectivity index (χ0v) is 17.4. The van der Waals surface area contributed by atoms with E-state index in [1.165, 1.54) is 5.56 Å². The smallest absolute Gasteiger partial charge is 0.191 e. The van der Waals surface area contributed by atoms with Crippen molar-refractivity contribution >= 4 is 29.9 Å². The summed E-state index contributed by atoms with van der Waals surface area (Å²) in [6.07, 6.45) is 5.03. The van der Waals surface area contributed by atoms with Gasteiger partial charge in [0, 0.05) is 38.6 Å². The molecule has 0 bridgehead atoms. The Morgan fingerprint density at radius 3 is 2.64 bits per heavy atom. The number of aromatic nitrogens is 1. The second-order valence-corrected chi connectivity index (χ2v) is 5.44. The van der Waals surface area contributed by atoms with E-state index < -0.39 is 0 Å². The van der Waals surface area contributed by atoms with E-state index >= 15 is 0 Å². The van der Waals surface area contributed by atoms with Crippen molar-refractivity contribution in [2.75, 3.05) is 26.2 Å². The molecule has 2 rings (SSSR count). The standard InChI is InChI=1S/C19H28N4O.HI/c1-3-20-19(22-12-15-23-13-5-6-14-23)21-11-10-17-8-7-9-18(16-17)24-4-2;/h5-9,13-14,16H,3-4,10-12,15H2,1-2H3,(H2,20,21,22);1H. The molecule has 1 aromatic carbocycles. The summed E-state index contributed by atoms with van der Waals surface area (Å²) in [4.78, 5) is 4.65. The van der Waals surface area contributed by atoms with Gasteiger partial charge in [0.1, 0.15) is 5.75 Å². The van der Waals surface area contributed by atoms with Crippen LogP contribution in [0.4, 0.5) is 0 Å². The third kappa shape index (κ3) is 8.29. The molecular formula is C19H29IN4O. The van der Waals surface area contributed by atoms with Crippen LogP contribution in [0.1, 0.15) is 19.4 Å². The van der Waals surface area contributed by atoms with Gasteiger partial charge in [0.05, 0.1) is 6.61 Å². The monoisotopic (exact) mass is 456 g/mol. The lowest BCUT2D eigenvalue weighted by molar-refractivity contribution is 0.340. The number of halogens is 1. The van der Waals surface area contributed by atoms with Crippen molar-refractivity contribution in [1.29, 1.82) is 0 Å². The van der Waals surface area contributed by atoms with Crippen molar-refractivity contribution in [3.8, 4) is 5.75 Å². The molecule has 0 aliphatic heterocycles. The summed E-state index contributed by atoms with van der Waals surface area (Å²) < 4.78 is 7.69. The third-order valence-corrected chi connectivity index (χ3v) is 3.55. The lowest BCUT2D eigenvalue weighted by Crippen LogP contribution is -2.39. The number of ether oxygens (including phenoxy) is 1. The molecule has 25 heavy (non-hydrogen) atoms. The van der Waals surface area contributed by atoms with Gasteiger partial charge in [0.25, 0.3) is 0 Å². The summed E-state index contributed by atoms with van der Waals surface area (Å²) in [6.45, 7) is 8.14. The predicted octanol–water partition coefficient (Wildman–Crippen LogP) is 3.30. The van der Waals surface area contributed by atoms with Crippen LogP contribution in [0.2, 0.25) is 0 Å². The molecule has 1 aromatic heterocycles. The van der Waals surface area contributed by atoms with Crippen LogP contribution in [0.3, 0.4) is 0 Å². The second-order valence-electron chi connectivity index (χ2n) is 5.44. The van der Waals surface area contributed by atoms with Crippen LogP contribution in [0.15, 0.2) is 53.8 Å². The minimum atomic E-state index is 0. The van der Waals surface area contributed by atoms with Crippen LogP contribution < -0.4 is 15.4 Å². The van der Waals surface area contributed by atoms with Gasteiger partial charge in [0.15, 0.2) is 5.96 Å². The van der Waals surface area contributed by atoms with Gasteiger partial charge in [-0.05, 0) is 50.1 Å². The van der Waals surface area contributed by atoms with Crippen molar-refractivity contribution < 1.29 is 4.74 Å². The average molecular weight is 456 g/mol. The minimum absolute atomic E-state index is 0. The van der Waals surface area contributed by atoms with E-state index in [2.05, 4.69) is 51.6 Å². The topological polar surface area (TPSA) is 50.6 Å². The number of hydrogen-bond donors (Lipinski definition) is 2. The number of hydrogen-bond acceptors (Lipinski definition) is 2. The maximum atomic E-state index is 5.54. The second kappa shape index (κ2) is 12.6. The first kappa shape index (κ1) is 21.3. The molecule has 0 saturated heterocycles. The maximum Gasteiger partial charge on any atom is 0.191 e. The minimum Gasteiger partial charge on any atom is -0.494 e. The first-order chi connectivity index (χ1) is 11.8. The molecule has 0 atom stereocenters. The van der Waals surface area contributed by atoms with Gasteiger partial charge in [0.2, 0.25) is 0 Å². The molecule has 0 fully saturated rings. The Morgan fingerprint density at radius 2 is 1.92 bits per heavy atom. The fourth-order valence-electron chi connectivity index (χ4n) is 2.42. The summed E-state index contributed by atoms with van der Waals surface area (Å²) in [5, 5.41) is 6.66. The van der Waals surface area contributed by atoms with Gasteiger partial charge in [-0.3, -0.25) is 4.99 Å². The number of rotatable bonds is 9. The Kier molecular flexibility index (Phi) is 10.8. The van der Waals surface area contributed by atoms with Crippen LogP contribution in [-0.4, -0.2) is 36.8 Å². The summed E-state index contributed by atoms with van der Waals surface area (Å²) in [6, 6.07) is 12.3. The van der Waals surface area contributed by atoms with Crippen LogP contribution in [0, 0.1) is 0 Å². The van der Waals surface area contributed by atoms with Crippen LogP contribution in [0.25, 0.3) is 0 Å². The molecule has 0 aliphatic rings. The van der Waals surface area contributed by atoms with E-state index in [0.29, 0.717) is 6.61 Å². The number of nitrogens with zero attached hydrogens (tertiary/aromatic N) is 2. The van der Waals surface area contributed by atoms with Crippen LogP contribution in [0.5, 0.6) is 5.75 Å². The van der Waals surface area contributed by atoms with Crippen molar-refractivity contribution in [1.82, 2.24) is 15.2 Å². The highest BCUT2D eigenvalue weighted by Gasteiger charge is 1.99. The molecule has 0 amide bonds. The highest BCUT2D eigenvalue weighted by Crippen LogP contribution is 2.13. The molecule has 0 unspecified atom stereocenters.